The van der Waals surface area contributed by atoms with E-state index in [1.807, 2.05) is 0 Å². The minimum Gasteiger partial charge on any atom is -0.368 e. The molecule has 5 rings (SSSR count). The monoisotopic (exact) mass is 590 g/mol. The lowest BCUT2D eigenvalue weighted by Gasteiger charge is -2.13. The van der Waals surface area contributed by atoms with E-state index in [1.165, 1.54) is 54.9 Å². The number of nitrogens with two attached hydrogens (primary N) is 1. The quantitative estimate of drug-likeness (QED) is 0.238. The number of halogens is 4. The molecule has 0 fully saturated rings. The first-order chi connectivity index (χ1) is 18.1. The molecule has 0 radical (unpaired) electrons. The predicted octanol–water partition coefficient (Wildman–Crippen LogP) is 6.30. The van der Waals surface area contributed by atoms with Crippen molar-refractivity contribution in [3.63, 3.8) is 0 Å². The van der Waals surface area contributed by atoms with Crippen LogP contribution in [0.4, 0.5) is 20.4 Å². The Balaban J connectivity index is 1.65. The number of nitrogens with zero attached hydrogens (tertiary/aromatic N) is 4. The van der Waals surface area contributed by atoms with Crippen LogP contribution in [0.2, 0.25) is 10.0 Å². The molecule has 0 saturated heterocycles. The lowest BCUT2D eigenvalue weighted by Crippen LogP contribution is -2.15. The lowest BCUT2D eigenvalue weighted by molar-refractivity contribution is 0.599. The van der Waals surface area contributed by atoms with Crippen molar-refractivity contribution in [2.24, 2.45) is 0 Å². The number of thiazole rings is 1. The van der Waals surface area contributed by atoms with Crippen LogP contribution in [0.1, 0.15) is 0 Å². The SMILES string of the molecule is Nc1nccc(-c2sc(-c3cncc(F)c3)nc2-c2cccc(NS(=O)(=O)c3c(Cl)cccc3Cl)c2F)n1. The predicted molar refractivity (Wildman–Crippen MR) is 143 cm³/mol. The third-order valence-electron chi connectivity index (χ3n) is 5.17. The highest BCUT2D eigenvalue weighted by atomic mass is 35.5. The molecule has 192 valence electrons. The molecule has 14 heteroatoms. The Morgan fingerprint density at radius 2 is 1.71 bits per heavy atom. The number of hydrogen-bond donors (Lipinski definition) is 2. The van der Waals surface area contributed by atoms with Crippen LogP contribution in [0.3, 0.4) is 0 Å². The summed E-state index contributed by atoms with van der Waals surface area (Å²) in [7, 11) is -4.37. The van der Waals surface area contributed by atoms with Crippen LogP contribution in [0.5, 0.6) is 0 Å². The van der Waals surface area contributed by atoms with E-state index < -0.39 is 21.7 Å². The average molecular weight is 591 g/mol. The minimum absolute atomic E-state index is 0.0191. The Bertz CT molecular complexity index is 1780. The van der Waals surface area contributed by atoms with Crippen molar-refractivity contribution in [2.75, 3.05) is 10.5 Å². The smallest absolute Gasteiger partial charge is 0.264 e. The topological polar surface area (TPSA) is 124 Å². The van der Waals surface area contributed by atoms with E-state index in [2.05, 4.69) is 24.7 Å². The second-order valence-electron chi connectivity index (χ2n) is 7.71. The number of nitrogen functional groups attached to an aromatic ring is 1. The van der Waals surface area contributed by atoms with Crippen LogP contribution >= 0.6 is 34.5 Å². The van der Waals surface area contributed by atoms with E-state index in [4.69, 9.17) is 28.9 Å². The molecule has 0 bridgehead atoms. The van der Waals surface area contributed by atoms with Crippen molar-refractivity contribution in [2.45, 2.75) is 4.90 Å². The van der Waals surface area contributed by atoms with Crippen molar-refractivity contribution in [1.82, 2.24) is 19.9 Å². The van der Waals surface area contributed by atoms with Gasteiger partial charge in [-0.15, -0.1) is 11.3 Å². The van der Waals surface area contributed by atoms with Crippen LogP contribution in [0.15, 0.2) is 72.0 Å². The molecule has 5 aromatic rings. The summed E-state index contributed by atoms with van der Waals surface area (Å²) < 4.78 is 58.1. The highest BCUT2D eigenvalue weighted by Gasteiger charge is 2.26. The number of benzene rings is 2. The van der Waals surface area contributed by atoms with E-state index in [1.54, 1.807) is 6.07 Å². The standard InChI is InChI=1S/C24H14Cl2F2N6O2S2/c25-15-4-2-5-16(26)22(15)38(35,36)34-17-6-1-3-14(19(17)28)20-21(18-7-8-31-24(29)32-18)37-23(33-20)12-9-13(27)11-30-10-12/h1-11,34H,(H2,29,31,32). The maximum absolute atomic E-state index is 15.9. The van der Waals surface area contributed by atoms with Crippen molar-refractivity contribution in [3.05, 3.63) is 88.8 Å². The van der Waals surface area contributed by atoms with Gasteiger partial charge in [0.2, 0.25) is 5.95 Å². The summed E-state index contributed by atoms with van der Waals surface area (Å²) in [6, 6.07) is 11.1. The molecule has 0 amide bonds. The molecular formula is C24H14Cl2F2N6O2S2. The Hall–Kier alpha value is -3.71. The zero-order chi connectivity index (χ0) is 27.0. The second kappa shape index (κ2) is 10.2. The maximum atomic E-state index is 15.9. The lowest BCUT2D eigenvalue weighted by atomic mass is 10.1. The third-order valence-corrected chi connectivity index (χ3v) is 8.62. The molecule has 0 atom stereocenters. The molecular weight excluding hydrogens is 577 g/mol. The van der Waals surface area contributed by atoms with Gasteiger partial charge >= 0.3 is 0 Å². The van der Waals surface area contributed by atoms with E-state index in [0.717, 1.165) is 17.5 Å². The Kier molecular flexibility index (Phi) is 6.97. The Morgan fingerprint density at radius 3 is 2.42 bits per heavy atom. The molecule has 8 nitrogen and oxygen atoms in total. The molecule has 38 heavy (non-hydrogen) atoms. The van der Waals surface area contributed by atoms with E-state index >= 15 is 4.39 Å². The highest BCUT2D eigenvalue weighted by molar-refractivity contribution is 7.93. The zero-order valence-corrected chi connectivity index (χ0v) is 22.0. The largest absolute Gasteiger partial charge is 0.368 e. The Labute approximate surface area is 229 Å². The van der Waals surface area contributed by atoms with Crippen molar-refractivity contribution in [3.8, 4) is 32.4 Å². The van der Waals surface area contributed by atoms with Gasteiger partial charge in [-0.2, -0.15) is 0 Å². The zero-order valence-electron chi connectivity index (χ0n) is 18.9. The molecule has 0 unspecified atom stereocenters. The third kappa shape index (κ3) is 5.03. The summed E-state index contributed by atoms with van der Waals surface area (Å²) in [4.78, 5) is 16.5. The van der Waals surface area contributed by atoms with Crippen LogP contribution < -0.4 is 10.5 Å². The van der Waals surface area contributed by atoms with E-state index in [-0.39, 0.29) is 37.8 Å². The van der Waals surface area contributed by atoms with Gasteiger partial charge in [-0.25, -0.2) is 32.2 Å². The van der Waals surface area contributed by atoms with Crippen molar-refractivity contribution >= 4 is 56.2 Å². The average Bonchev–Trinajstić information content (AvgIpc) is 3.30. The number of sulfonamides is 1. The normalized spacial score (nSPS) is 11.5. The fourth-order valence-electron chi connectivity index (χ4n) is 3.56. The van der Waals surface area contributed by atoms with Crippen molar-refractivity contribution < 1.29 is 17.2 Å². The fourth-order valence-corrected chi connectivity index (χ4v) is 6.79. The van der Waals surface area contributed by atoms with Gasteiger partial charge in [0, 0.05) is 23.5 Å². The molecule has 3 N–H and O–H groups in total. The van der Waals surface area contributed by atoms with Gasteiger partial charge in [0.1, 0.15) is 15.7 Å². The van der Waals surface area contributed by atoms with Gasteiger partial charge in [-0.3, -0.25) is 9.71 Å². The Morgan fingerprint density at radius 1 is 0.974 bits per heavy atom. The van der Waals surface area contributed by atoms with Gasteiger partial charge in [0.25, 0.3) is 10.0 Å². The van der Waals surface area contributed by atoms with Crippen LogP contribution in [-0.4, -0.2) is 28.4 Å². The van der Waals surface area contributed by atoms with E-state index in [9.17, 15) is 12.8 Å². The number of aromatic nitrogens is 4. The number of pyridine rings is 1. The summed E-state index contributed by atoms with van der Waals surface area (Å²) in [6.45, 7) is 0. The molecule has 0 aliphatic rings. The first-order valence-corrected chi connectivity index (χ1v) is 13.7. The first-order valence-electron chi connectivity index (χ1n) is 10.6. The van der Waals surface area contributed by atoms with Gasteiger partial charge in [-0.1, -0.05) is 35.3 Å². The summed E-state index contributed by atoms with van der Waals surface area (Å²) in [5, 5.41) is 0.0727. The highest BCUT2D eigenvalue weighted by Crippen LogP contribution is 2.42. The maximum Gasteiger partial charge on any atom is 0.264 e. The molecule has 3 heterocycles. The molecule has 0 aliphatic carbocycles. The van der Waals surface area contributed by atoms with Gasteiger partial charge in [-0.05, 0) is 36.4 Å². The summed E-state index contributed by atoms with van der Waals surface area (Å²) in [6.07, 6.45) is 3.89. The van der Waals surface area contributed by atoms with Gasteiger partial charge in [0.05, 0.1) is 38.2 Å². The number of rotatable bonds is 6. The first kappa shape index (κ1) is 25.9. The molecule has 2 aromatic carbocycles. The summed E-state index contributed by atoms with van der Waals surface area (Å²) >= 11 is 13.2. The molecule has 0 saturated carbocycles. The van der Waals surface area contributed by atoms with Crippen LogP contribution in [0.25, 0.3) is 32.4 Å². The van der Waals surface area contributed by atoms with Crippen LogP contribution in [-0.2, 0) is 10.0 Å². The van der Waals surface area contributed by atoms with Gasteiger partial charge < -0.3 is 5.73 Å². The molecule has 0 aliphatic heterocycles. The molecule has 3 aromatic heterocycles. The number of anilines is 2. The number of nitrogens with one attached hydrogen (secondary N) is 1. The summed E-state index contributed by atoms with van der Waals surface area (Å²) in [5.41, 5.74) is 6.17. The fraction of sp³-hybridized carbons (Fsp3) is 0. The summed E-state index contributed by atoms with van der Waals surface area (Å²) in [5.74, 6) is -1.51. The minimum atomic E-state index is -4.37. The molecule has 0 spiro atoms. The van der Waals surface area contributed by atoms with Gasteiger partial charge in [0.15, 0.2) is 5.82 Å². The van der Waals surface area contributed by atoms with E-state index in [0.29, 0.717) is 21.1 Å². The van der Waals surface area contributed by atoms with Crippen LogP contribution in [0, 0.1) is 11.6 Å². The van der Waals surface area contributed by atoms with Crippen molar-refractivity contribution in [1.29, 1.82) is 0 Å². The second-order valence-corrected chi connectivity index (χ2v) is 11.1. The number of hydrogen-bond acceptors (Lipinski definition) is 8.